The van der Waals surface area contributed by atoms with Crippen molar-refractivity contribution in [2.45, 2.75) is 94.5 Å². The molecule has 7 aromatic rings. The van der Waals surface area contributed by atoms with Crippen LogP contribution in [0.4, 0.5) is 0 Å². The summed E-state index contributed by atoms with van der Waals surface area (Å²) >= 11 is 0. The number of aryl methyl sites for hydroxylation is 4. The number of nitrogens with two attached hydrogens (primary N) is 3. The molecule has 6 N–H and O–H groups in total. The highest BCUT2D eigenvalue weighted by molar-refractivity contribution is 6.03. The predicted molar refractivity (Wildman–Crippen MR) is 287 cm³/mol. The fraction of sp³-hybridized carbons (Fsp3) is 0.246. The van der Waals surface area contributed by atoms with E-state index in [0.717, 1.165) is 35.9 Å². The van der Waals surface area contributed by atoms with Crippen LogP contribution in [-0.2, 0) is 6.42 Å². The third-order valence-corrected chi connectivity index (χ3v) is 10.4. The highest BCUT2D eigenvalue weighted by atomic mass is 14.6. The summed E-state index contributed by atoms with van der Waals surface area (Å²) < 4.78 is 0. The molecule has 1 aliphatic carbocycles. The minimum atomic E-state index is -0.176. The topological polar surface area (TPSA) is 78.1 Å². The van der Waals surface area contributed by atoms with Crippen LogP contribution in [-0.4, -0.2) is 7.05 Å². The maximum atomic E-state index is 7.11. The van der Waals surface area contributed by atoms with Crippen LogP contribution in [0.5, 0.6) is 0 Å². The molecule has 0 aliphatic heterocycles. The van der Waals surface area contributed by atoms with E-state index in [1.165, 1.54) is 73.6 Å². The van der Waals surface area contributed by atoms with Crippen molar-refractivity contribution in [3.63, 3.8) is 0 Å². The lowest BCUT2D eigenvalue weighted by Gasteiger charge is -2.25. The maximum absolute atomic E-state index is 7.11. The first kappa shape index (κ1) is 53.9. The largest absolute Gasteiger partial charge is 0.398 e. The summed E-state index contributed by atoms with van der Waals surface area (Å²) in [5.41, 5.74) is 33.9. The van der Waals surface area contributed by atoms with Gasteiger partial charge in [-0.2, -0.15) is 0 Å². The van der Waals surface area contributed by atoms with Crippen molar-refractivity contribution in [2.24, 2.45) is 17.2 Å². The van der Waals surface area contributed by atoms with Gasteiger partial charge < -0.3 is 17.2 Å². The highest BCUT2D eigenvalue weighted by Crippen LogP contribution is 2.41. The zero-order chi connectivity index (χ0) is 47.3. The predicted octanol–water partition coefficient (Wildman–Crippen LogP) is 16.3. The molecule has 64 heavy (non-hydrogen) atoms. The van der Waals surface area contributed by atoms with Crippen molar-refractivity contribution in [3.05, 3.63) is 233 Å². The second kappa shape index (κ2) is 30.7. The molecule has 0 radical (unpaired) electrons. The van der Waals surface area contributed by atoms with Crippen molar-refractivity contribution in [3.8, 4) is 22.3 Å². The van der Waals surface area contributed by atoms with Gasteiger partial charge in [0, 0.05) is 11.3 Å². The molecule has 0 aromatic heterocycles. The SMILES string of the molecule is CC.CC.CC.CN.Cc1ccccc1.Cc1ccccc1.Cc1ccccc1-c1c(C)cc(-c2ccc(/C(N)=C/Cc3ccccc3)c3ccccc23)cc1C(N)C1=CC=CCC1. The first-order valence-corrected chi connectivity index (χ1v) is 23.2. The van der Waals surface area contributed by atoms with Crippen LogP contribution in [0.1, 0.15) is 99.4 Å². The molecule has 3 heteroatoms. The van der Waals surface area contributed by atoms with E-state index in [-0.39, 0.29) is 6.04 Å². The van der Waals surface area contributed by atoms with Crippen LogP contribution >= 0.6 is 0 Å². The van der Waals surface area contributed by atoms with Gasteiger partial charge in [-0.3, -0.25) is 0 Å². The molecule has 7 aromatic carbocycles. The number of fused-ring (bicyclic) bond motifs is 1. The molecule has 0 heterocycles. The van der Waals surface area contributed by atoms with Gasteiger partial charge in [0.2, 0.25) is 0 Å². The Morgan fingerprint density at radius 1 is 0.562 bits per heavy atom. The van der Waals surface area contributed by atoms with E-state index in [0.29, 0.717) is 0 Å². The summed E-state index contributed by atoms with van der Waals surface area (Å²) in [6.07, 6.45) is 11.5. The molecule has 1 atom stereocenters. The summed E-state index contributed by atoms with van der Waals surface area (Å²) in [7, 11) is 1.50. The number of benzene rings is 7. The van der Waals surface area contributed by atoms with Gasteiger partial charge in [-0.05, 0) is 121 Å². The normalized spacial score (nSPS) is 11.6. The molecule has 0 saturated carbocycles. The van der Waals surface area contributed by atoms with Gasteiger partial charge in [-0.15, -0.1) is 0 Å². The van der Waals surface area contributed by atoms with Gasteiger partial charge in [-0.1, -0.05) is 235 Å². The molecule has 0 fully saturated rings. The van der Waals surface area contributed by atoms with Crippen molar-refractivity contribution < 1.29 is 0 Å². The van der Waals surface area contributed by atoms with E-state index in [1.807, 2.05) is 84.0 Å². The lowest BCUT2D eigenvalue weighted by atomic mass is 9.82. The van der Waals surface area contributed by atoms with Crippen molar-refractivity contribution in [1.29, 1.82) is 0 Å². The zero-order valence-electron chi connectivity index (χ0n) is 40.8. The smallest absolute Gasteiger partial charge is 0.0520 e. The fourth-order valence-electron chi connectivity index (χ4n) is 7.34. The Morgan fingerprint density at radius 3 is 1.59 bits per heavy atom. The summed E-state index contributed by atoms with van der Waals surface area (Å²) in [5, 5.41) is 2.34. The molecule has 1 unspecified atom stereocenters. The van der Waals surface area contributed by atoms with E-state index >= 15 is 0 Å². The van der Waals surface area contributed by atoms with Gasteiger partial charge in [-0.25, -0.2) is 0 Å². The Morgan fingerprint density at radius 2 is 1.08 bits per heavy atom. The second-order valence-electron chi connectivity index (χ2n) is 14.6. The lowest BCUT2D eigenvalue weighted by Crippen LogP contribution is -2.16. The van der Waals surface area contributed by atoms with E-state index < -0.39 is 0 Å². The Balaban J connectivity index is 0.000000530. The van der Waals surface area contributed by atoms with E-state index in [1.54, 1.807) is 0 Å². The summed E-state index contributed by atoms with van der Waals surface area (Å²) in [6.45, 7) is 20.6. The molecule has 8 rings (SSSR count). The van der Waals surface area contributed by atoms with Crippen molar-refractivity contribution >= 4 is 16.5 Å². The van der Waals surface area contributed by atoms with Gasteiger partial charge in [0.25, 0.3) is 0 Å². The number of allylic oxidation sites excluding steroid dienone is 4. The van der Waals surface area contributed by atoms with Crippen molar-refractivity contribution in [1.82, 2.24) is 0 Å². The average molecular weight is 852 g/mol. The second-order valence-corrected chi connectivity index (χ2v) is 14.6. The molecular formula is C61H77N3. The van der Waals surface area contributed by atoms with Gasteiger partial charge in [0.15, 0.2) is 0 Å². The monoisotopic (exact) mass is 852 g/mol. The molecule has 1 aliphatic rings. The Labute approximate surface area is 388 Å². The lowest BCUT2D eigenvalue weighted by molar-refractivity contribution is 0.770. The molecular weight excluding hydrogens is 775 g/mol. The third kappa shape index (κ3) is 16.1. The van der Waals surface area contributed by atoms with Crippen LogP contribution in [0.25, 0.3) is 38.7 Å². The summed E-state index contributed by atoms with van der Waals surface area (Å²) in [5.74, 6) is 0. The summed E-state index contributed by atoms with van der Waals surface area (Å²) in [4.78, 5) is 0. The molecule has 3 nitrogen and oxygen atoms in total. The third-order valence-electron chi connectivity index (χ3n) is 10.4. The molecule has 0 saturated heterocycles. The van der Waals surface area contributed by atoms with Crippen LogP contribution in [0.2, 0.25) is 0 Å². The molecule has 0 bridgehead atoms. The Hall–Kier alpha value is -6.26. The minimum absolute atomic E-state index is 0.176. The van der Waals surface area contributed by atoms with Crippen LogP contribution in [0.3, 0.4) is 0 Å². The summed E-state index contributed by atoms with van der Waals surface area (Å²) in [6, 6.07) is 57.1. The highest BCUT2D eigenvalue weighted by Gasteiger charge is 2.22. The van der Waals surface area contributed by atoms with Crippen LogP contribution in [0, 0.1) is 27.7 Å². The standard InChI is InChI=1S/C40H38N2.2C7H8.3C2H6.CH5N/c1-27-13-9-10-18-32(27)39-28(2)25-31(26-37(39)40(42)30-16-7-4-8-17-30)33-22-23-36(35-20-12-11-19-34(33)35)38(41)24-21-29-14-5-3-6-15-29;2*1-7-5-3-2-4-6-7;4*1-2/h3-7,9-16,18-20,22-26,40H,8,17,21,41-42H2,1-2H3;2*2-6H,1H3;3*1-2H3;2H2,1H3/b38-24-;;;;;;. The fourth-order valence-corrected chi connectivity index (χ4v) is 7.34. The van der Waals surface area contributed by atoms with Gasteiger partial charge >= 0.3 is 0 Å². The van der Waals surface area contributed by atoms with E-state index in [9.17, 15) is 0 Å². The zero-order valence-corrected chi connectivity index (χ0v) is 40.8. The Kier molecular flexibility index (Phi) is 25.9. The molecule has 336 valence electrons. The number of hydrogen-bond donors (Lipinski definition) is 3. The Bertz CT molecular complexity index is 2400. The molecule has 0 spiro atoms. The average Bonchev–Trinajstić information content (AvgIpc) is 3.36. The first-order chi connectivity index (χ1) is 31.3. The van der Waals surface area contributed by atoms with Crippen LogP contribution < -0.4 is 17.2 Å². The number of hydrogen-bond acceptors (Lipinski definition) is 3. The van der Waals surface area contributed by atoms with Crippen LogP contribution in [0.15, 0.2) is 194 Å². The number of rotatable bonds is 7. The van der Waals surface area contributed by atoms with Gasteiger partial charge in [0.1, 0.15) is 0 Å². The maximum Gasteiger partial charge on any atom is 0.0520 e. The van der Waals surface area contributed by atoms with E-state index in [4.69, 9.17) is 11.5 Å². The molecule has 0 amide bonds. The quantitative estimate of drug-likeness (QED) is 0.149. The first-order valence-electron chi connectivity index (χ1n) is 23.2. The van der Waals surface area contributed by atoms with E-state index in [2.05, 4.69) is 179 Å². The minimum Gasteiger partial charge on any atom is -0.398 e. The van der Waals surface area contributed by atoms with Gasteiger partial charge in [0.05, 0.1) is 6.04 Å². The van der Waals surface area contributed by atoms with Crippen molar-refractivity contribution in [2.75, 3.05) is 7.05 Å².